The van der Waals surface area contributed by atoms with Gasteiger partial charge in [-0.1, -0.05) is 6.07 Å². The molecule has 0 aliphatic carbocycles. The Morgan fingerprint density at radius 1 is 1.43 bits per heavy atom. The van der Waals surface area contributed by atoms with E-state index in [1.807, 2.05) is 32.9 Å². The summed E-state index contributed by atoms with van der Waals surface area (Å²) < 4.78 is 11.0. The first-order chi connectivity index (χ1) is 10.5. The quantitative estimate of drug-likeness (QED) is 0.862. The van der Waals surface area contributed by atoms with E-state index in [9.17, 15) is 4.79 Å². The summed E-state index contributed by atoms with van der Waals surface area (Å²) in [5, 5.41) is 5.95. The van der Waals surface area contributed by atoms with Gasteiger partial charge in [0.25, 0.3) is 0 Å². The summed E-state index contributed by atoms with van der Waals surface area (Å²) in [6.45, 7) is 9.60. The summed E-state index contributed by atoms with van der Waals surface area (Å²) in [6, 6.07) is 3.77. The molecular formula is C16H25N3O4. The van der Waals surface area contributed by atoms with Crippen LogP contribution in [0.2, 0.25) is 0 Å². The van der Waals surface area contributed by atoms with Crippen molar-refractivity contribution in [1.82, 2.24) is 5.32 Å². The summed E-state index contributed by atoms with van der Waals surface area (Å²) in [7, 11) is 0. The van der Waals surface area contributed by atoms with E-state index in [-0.39, 0.29) is 11.6 Å². The average molecular weight is 323 g/mol. The highest BCUT2D eigenvalue weighted by atomic mass is 16.5. The molecule has 4 N–H and O–H groups in total. The number of benzene rings is 1. The van der Waals surface area contributed by atoms with Crippen molar-refractivity contribution in [2.45, 2.75) is 33.8 Å². The SMILES string of the molecule is CCOC(=O)Nc1ccc(C)c(OC(C)C2=NCCN2)c1C.O. The normalized spacial score (nSPS) is 14.2. The Balaban J connectivity index is 0.00000264. The van der Waals surface area contributed by atoms with Crippen molar-refractivity contribution in [3.63, 3.8) is 0 Å². The molecule has 128 valence electrons. The van der Waals surface area contributed by atoms with Crippen LogP contribution in [0.15, 0.2) is 17.1 Å². The molecule has 0 fully saturated rings. The monoisotopic (exact) mass is 323 g/mol. The van der Waals surface area contributed by atoms with E-state index >= 15 is 0 Å². The predicted octanol–water partition coefficient (Wildman–Crippen LogP) is 1.82. The molecule has 1 aliphatic heterocycles. The van der Waals surface area contributed by atoms with Crippen LogP contribution in [-0.2, 0) is 4.74 Å². The smallest absolute Gasteiger partial charge is 0.411 e. The van der Waals surface area contributed by atoms with Crippen LogP contribution in [0, 0.1) is 13.8 Å². The Bertz CT molecular complexity index is 587. The first kappa shape index (κ1) is 18.8. The maximum Gasteiger partial charge on any atom is 0.411 e. The van der Waals surface area contributed by atoms with E-state index in [1.165, 1.54) is 0 Å². The minimum atomic E-state index is -0.463. The number of aliphatic imine (C=N–C) groups is 1. The molecule has 0 radical (unpaired) electrons. The largest absolute Gasteiger partial charge is 0.482 e. The van der Waals surface area contributed by atoms with Gasteiger partial charge in [-0.15, -0.1) is 0 Å². The van der Waals surface area contributed by atoms with Crippen molar-refractivity contribution < 1.29 is 19.7 Å². The van der Waals surface area contributed by atoms with Gasteiger partial charge in [0, 0.05) is 12.1 Å². The fourth-order valence-corrected chi connectivity index (χ4v) is 2.34. The van der Waals surface area contributed by atoms with Crippen LogP contribution in [0.3, 0.4) is 0 Å². The summed E-state index contributed by atoms with van der Waals surface area (Å²) in [5.74, 6) is 1.63. The molecule has 0 bridgehead atoms. The van der Waals surface area contributed by atoms with Crippen LogP contribution in [0.1, 0.15) is 25.0 Å². The maximum atomic E-state index is 11.6. The fourth-order valence-electron chi connectivity index (χ4n) is 2.34. The van der Waals surface area contributed by atoms with Gasteiger partial charge in [-0.25, -0.2) is 4.79 Å². The van der Waals surface area contributed by atoms with Crippen molar-refractivity contribution >= 4 is 17.6 Å². The zero-order valence-corrected chi connectivity index (χ0v) is 14.0. The second-order valence-corrected chi connectivity index (χ2v) is 5.18. The lowest BCUT2D eigenvalue weighted by Gasteiger charge is -2.20. The molecule has 1 unspecified atom stereocenters. The summed E-state index contributed by atoms with van der Waals surface area (Å²) in [6.07, 6.45) is -0.618. The molecule has 0 saturated carbocycles. The topological polar surface area (TPSA) is 103 Å². The van der Waals surface area contributed by atoms with E-state index in [0.717, 1.165) is 35.8 Å². The minimum Gasteiger partial charge on any atom is -0.482 e. The minimum absolute atomic E-state index is 0. The molecule has 0 aromatic heterocycles. The maximum absolute atomic E-state index is 11.6. The van der Waals surface area contributed by atoms with Crippen LogP contribution < -0.4 is 15.4 Å². The second kappa shape index (κ2) is 8.38. The molecule has 1 aliphatic rings. The van der Waals surface area contributed by atoms with Crippen LogP contribution >= 0.6 is 0 Å². The third kappa shape index (κ3) is 4.59. The molecule has 1 aromatic rings. The predicted molar refractivity (Wildman–Crippen MR) is 90.6 cm³/mol. The highest BCUT2D eigenvalue weighted by molar-refractivity contribution is 5.88. The van der Waals surface area contributed by atoms with Gasteiger partial charge >= 0.3 is 6.09 Å². The molecule has 7 nitrogen and oxygen atoms in total. The number of amidine groups is 1. The number of rotatable bonds is 5. The number of aryl methyl sites for hydroxylation is 1. The van der Waals surface area contributed by atoms with Gasteiger partial charge in [-0.2, -0.15) is 0 Å². The number of nitrogens with zero attached hydrogens (tertiary/aromatic N) is 1. The van der Waals surface area contributed by atoms with Crippen LogP contribution in [0.5, 0.6) is 5.75 Å². The average Bonchev–Trinajstić information content (AvgIpc) is 3.01. The number of anilines is 1. The molecule has 1 heterocycles. The first-order valence-electron chi connectivity index (χ1n) is 7.51. The van der Waals surface area contributed by atoms with Crippen molar-refractivity contribution in [3.05, 3.63) is 23.3 Å². The third-order valence-corrected chi connectivity index (χ3v) is 3.49. The Hall–Kier alpha value is -2.28. The highest BCUT2D eigenvalue weighted by Crippen LogP contribution is 2.30. The molecule has 0 saturated heterocycles. The second-order valence-electron chi connectivity index (χ2n) is 5.18. The summed E-state index contributed by atoms with van der Waals surface area (Å²) in [4.78, 5) is 16.0. The number of nitrogens with one attached hydrogen (secondary N) is 2. The molecule has 7 heteroatoms. The lowest BCUT2D eigenvalue weighted by atomic mass is 10.1. The molecule has 1 aromatic carbocycles. The number of carbonyl (C=O) groups excluding carboxylic acids is 1. The van der Waals surface area contributed by atoms with Crippen molar-refractivity contribution in [2.75, 3.05) is 25.0 Å². The molecule has 23 heavy (non-hydrogen) atoms. The van der Waals surface area contributed by atoms with Gasteiger partial charge < -0.3 is 20.3 Å². The summed E-state index contributed by atoms with van der Waals surface area (Å²) >= 11 is 0. The zero-order chi connectivity index (χ0) is 16.1. The highest BCUT2D eigenvalue weighted by Gasteiger charge is 2.19. The van der Waals surface area contributed by atoms with Gasteiger partial charge in [0.1, 0.15) is 11.6 Å². The molecule has 1 atom stereocenters. The Morgan fingerprint density at radius 2 is 2.17 bits per heavy atom. The van der Waals surface area contributed by atoms with Crippen LogP contribution in [0.25, 0.3) is 0 Å². The Morgan fingerprint density at radius 3 is 2.78 bits per heavy atom. The van der Waals surface area contributed by atoms with E-state index in [0.29, 0.717) is 12.3 Å². The van der Waals surface area contributed by atoms with Gasteiger partial charge in [-0.3, -0.25) is 10.3 Å². The van der Waals surface area contributed by atoms with Crippen molar-refractivity contribution in [3.8, 4) is 5.75 Å². The standard InChI is InChI=1S/C16H23N3O3.H2O/c1-5-21-16(20)19-13-7-6-10(2)14(11(13)3)22-12(4)15-17-8-9-18-15;/h6-7,12H,5,8-9H2,1-4H3,(H,17,18)(H,19,20);1H2. The number of amides is 1. The van der Waals surface area contributed by atoms with Gasteiger partial charge in [-0.05, 0) is 39.3 Å². The van der Waals surface area contributed by atoms with Crippen molar-refractivity contribution in [1.29, 1.82) is 0 Å². The number of hydrogen-bond acceptors (Lipinski definition) is 5. The van der Waals surface area contributed by atoms with E-state index in [2.05, 4.69) is 15.6 Å². The summed E-state index contributed by atoms with van der Waals surface area (Å²) in [5.41, 5.74) is 2.57. The molecular weight excluding hydrogens is 298 g/mol. The van der Waals surface area contributed by atoms with Crippen LogP contribution in [0.4, 0.5) is 10.5 Å². The molecule has 2 rings (SSSR count). The lowest BCUT2D eigenvalue weighted by molar-refractivity contribution is 0.168. The number of ether oxygens (including phenoxy) is 2. The third-order valence-electron chi connectivity index (χ3n) is 3.49. The van der Waals surface area contributed by atoms with Gasteiger partial charge in [0.2, 0.25) is 0 Å². The number of carbonyl (C=O) groups is 1. The van der Waals surface area contributed by atoms with Gasteiger partial charge in [0.05, 0.1) is 18.8 Å². The zero-order valence-electron chi connectivity index (χ0n) is 14.0. The lowest BCUT2D eigenvalue weighted by Crippen LogP contribution is -2.33. The molecule has 0 spiro atoms. The molecule has 1 amide bonds. The Labute approximate surface area is 136 Å². The Kier molecular flexibility index (Phi) is 6.84. The van der Waals surface area contributed by atoms with Crippen LogP contribution in [-0.4, -0.2) is 43.2 Å². The van der Waals surface area contributed by atoms with E-state index in [4.69, 9.17) is 9.47 Å². The van der Waals surface area contributed by atoms with E-state index < -0.39 is 6.09 Å². The number of hydrogen-bond donors (Lipinski definition) is 2. The first-order valence-corrected chi connectivity index (χ1v) is 7.51. The van der Waals surface area contributed by atoms with Gasteiger partial charge in [0.15, 0.2) is 6.10 Å². The van der Waals surface area contributed by atoms with E-state index in [1.54, 1.807) is 6.92 Å². The van der Waals surface area contributed by atoms with Crippen molar-refractivity contribution in [2.24, 2.45) is 4.99 Å². The fraction of sp³-hybridized carbons (Fsp3) is 0.500.